The van der Waals surface area contributed by atoms with E-state index in [4.69, 9.17) is 29.4 Å². The molecule has 0 bridgehead atoms. The molecule has 0 aliphatic rings. The maximum Gasteiger partial charge on any atom is 0.514 e. The summed E-state index contributed by atoms with van der Waals surface area (Å²) in [7, 11) is 0. The van der Waals surface area contributed by atoms with E-state index >= 15 is 0 Å². The van der Waals surface area contributed by atoms with E-state index in [1.165, 1.54) is 12.1 Å². The van der Waals surface area contributed by atoms with Gasteiger partial charge in [-0.25, -0.2) is 4.79 Å². The summed E-state index contributed by atoms with van der Waals surface area (Å²) >= 11 is 0. The average molecular weight is 544 g/mol. The Balaban J connectivity index is 1.99. The Morgan fingerprint density at radius 2 is 1.36 bits per heavy atom. The lowest BCUT2D eigenvalue weighted by atomic mass is 10.1. The molecule has 0 aromatic heterocycles. The number of benzene rings is 2. The molecule has 0 aliphatic heterocycles. The van der Waals surface area contributed by atoms with Crippen LogP contribution < -0.4 is 19.9 Å². The topological polar surface area (TPSA) is 140 Å². The van der Waals surface area contributed by atoms with Gasteiger partial charge in [0, 0.05) is 0 Å². The first-order chi connectivity index (χ1) is 18.5. The summed E-state index contributed by atoms with van der Waals surface area (Å²) in [5.74, 6) is -1.85. The van der Waals surface area contributed by atoms with E-state index in [1.807, 2.05) is 13.8 Å². The molecule has 2 aromatic carbocycles. The molecule has 2 N–H and O–H groups in total. The Kier molecular flexibility index (Phi) is 12.4. The number of esters is 3. The zero-order chi connectivity index (χ0) is 28.9. The van der Waals surface area contributed by atoms with Gasteiger partial charge < -0.3 is 29.4 Å². The van der Waals surface area contributed by atoms with Gasteiger partial charge in [0.05, 0.1) is 11.8 Å². The second-order valence-corrected chi connectivity index (χ2v) is 9.28. The Morgan fingerprint density at radius 3 is 1.95 bits per heavy atom. The molecule has 2 aromatic rings. The van der Waals surface area contributed by atoms with Gasteiger partial charge in [-0.2, -0.15) is 0 Å². The number of hydrogen-bond donors (Lipinski definition) is 1. The summed E-state index contributed by atoms with van der Waals surface area (Å²) in [5.41, 5.74) is 6.60. The van der Waals surface area contributed by atoms with Crippen LogP contribution in [0.15, 0.2) is 48.5 Å². The molecule has 0 aliphatic carbocycles. The lowest BCUT2D eigenvalue weighted by Crippen LogP contribution is -2.36. The van der Waals surface area contributed by atoms with Crippen molar-refractivity contribution in [2.45, 2.75) is 66.0 Å². The summed E-state index contributed by atoms with van der Waals surface area (Å²) in [6.07, 6.45) is -0.486. The third-order valence-corrected chi connectivity index (χ3v) is 5.92. The lowest BCUT2D eigenvalue weighted by Gasteiger charge is -2.17. The van der Waals surface area contributed by atoms with Crippen molar-refractivity contribution in [1.82, 2.24) is 0 Å². The molecule has 0 heterocycles. The molecule has 2 rings (SSSR count). The summed E-state index contributed by atoms with van der Waals surface area (Å²) in [6, 6.07) is 12.0. The molecule has 10 heteroatoms. The van der Waals surface area contributed by atoms with Gasteiger partial charge in [0.2, 0.25) is 0 Å². The van der Waals surface area contributed by atoms with Gasteiger partial charge in [0.15, 0.2) is 11.5 Å². The highest BCUT2D eigenvalue weighted by Crippen LogP contribution is 2.31. The zero-order valence-corrected chi connectivity index (χ0v) is 23.0. The van der Waals surface area contributed by atoms with Crippen molar-refractivity contribution >= 4 is 24.1 Å². The molecule has 2 unspecified atom stereocenters. The third-order valence-electron chi connectivity index (χ3n) is 5.92. The molecule has 0 saturated carbocycles. The molecular weight excluding hydrogens is 506 g/mol. The van der Waals surface area contributed by atoms with E-state index in [9.17, 15) is 19.2 Å². The summed E-state index contributed by atoms with van der Waals surface area (Å²) in [5, 5.41) is 0. The van der Waals surface area contributed by atoms with Gasteiger partial charge in [-0.1, -0.05) is 52.0 Å². The fourth-order valence-corrected chi connectivity index (χ4v) is 3.05. The quantitative estimate of drug-likeness (QED) is 0.216. The fourth-order valence-electron chi connectivity index (χ4n) is 3.05. The van der Waals surface area contributed by atoms with Crippen LogP contribution in [-0.2, 0) is 30.3 Å². The normalized spacial score (nSPS) is 13.8. The molecular formula is C29H37NO9. The van der Waals surface area contributed by atoms with Crippen molar-refractivity contribution in [3.8, 4) is 17.2 Å². The number of carbonyl (C=O) groups excluding carboxylic acids is 4. The number of ether oxygens (including phenoxy) is 5. The van der Waals surface area contributed by atoms with Gasteiger partial charge in [0.25, 0.3) is 0 Å². The Hall–Kier alpha value is -3.92. The summed E-state index contributed by atoms with van der Waals surface area (Å²) < 4.78 is 26.3. The van der Waals surface area contributed by atoms with E-state index in [2.05, 4.69) is 0 Å². The van der Waals surface area contributed by atoms with Gasteiger partial charge in [-0.3, -0.25) is 14.4 Å². The number of carbonyl (C=O) groups is 4. The Bertz CT molecular complexity index is 1120. The minimum atomic E-state index is -1.06. The molecule has 0 amide bonds. The number of hydrogen-bond acceptors (Lipinski definition) is 10. The van der Waals surface area contributed by atoms with Crippen molar-refractivity contribution in [2.75, 3.05) is 6.61 Å². The highest BCUT2D eigenvalue weighted by atomic mass is 16.7. The summed E-state index contributed by atoms with van der Waals surface area (Å²) in [4.78, 5) is 49.1. The van der Waals surface area contributed by atoms with E-state index in [0.29, 0.717) is 24.2 Å². The SMILES string of the molecule is CCC(C)C(=O)Oc1ccc(C[C@H](N)C(=O)OC[C@H](C)OC(=O)Oc2ccccc2)cc1OC(=O)C(C)CC. The second kappa shape index (κ2) is 15.5. The molecule has 0 radical (unpaired) electrons. The van der Waals surface area contributed by atoms with E-state index in [0.717, 1.165) is 0 Å². The van der Waals surface area contributed by atoms with Crippen molar-refractivity contribution in [3.05, 3.63) is 54.1 Å². The van der Waals surface area contributed by atoms with Crippen molar-refractivity contribution in [2.24, 2.45) is 17.6 Å². The zero-order valence-electron chi connectivity index (χ0n) is 23.0. The molecule has 0 spiro atoms. The molecule has 10 nitrogen and oxygen atoms in total. The van der Waals surface area contributed by atoms with Crippen LogP contribution in [0.3, 0.4) is 0 Å². The van der Waals surface area contributed by atoms with Crippen LogP contribution in [0.1, 0.15) is 53.0 Å². The summed E-state index contributed by atoms with van der Waals surface area (Å²) in [6.45, 7) is 8.51. The first-order valence-corrected chi connectivity index (χ1v) is 13.0. The second-order valence-electron chi connectivity index (χ2n) is 9.28. The van der Waals surface area contributed by atoms with Crippen LogP contribution in [0.4, 0.5) is 4.79 Å². The molecule has 4 atom stereocenters. The molecule has 0 fully saturated rings. The predicted octanol–water partition coefficient (Wildman–Crippen LogP) is 4.61. The number of rotatable bonds is 13. The monoisotopic (exact) mass is 543 g/mol. The van der Waals surface area contributed by atoms with E-state index < -0.39 is 36.2 Å². The van der Waals surface area contributed by atoms with Crippen molar-refractivity contribution in [1.29, 1.82) is 0 Å². The Labute approximate surface area is 228 Å². The lowest BCUT2D eigenvalue weighted by molar-refractivity contribution is -0.148. The van der Waals surface area contributed by atoms with Gasteiger partial charge >= 0.3 is 24.1 Å². The van der Waals surface area contributed by atoms with Crippen LogP contribution in [0.25, 0.3) is 0 Å². The molecule has 0 saturated heterocycles. The smallest absolute Gasteiger partial charge is 0.461 e. The van der Waals surface area contributed by atoms with E-state index in [-0.39, 0.29) is 36.4 Å². The van der Waals surface area contributed by atoms with Gasteiger partial charge in [-0.15, -0.1) is 0 Å². The van der Waals surface area contributed by atoms with Gasteiger partial charge in [0.1, 0.15) is 24.5 Å². The predicted molar refractivity (Wildman–Crippen MR) is 142 cm³/mol. The van der Waals surface area contributed by atoms with Crippen molar-refractivity contribution in [3.63, 3.8) is 0 Å². The number of nitrogens with two attached hydrogens (primary N) is 1. The van der Waals surface area contributed by atoms with Crippen molar-refractivity contribution < 1.29 is 42.9 Å². The molecule has 212 valence electrons. The minimum Gasteiger partial charge on any atom is -0.461 e. The van der Waals surface area contributed by atoms with Crippen LogP contribution in [0.5, 0.6) is 17.2 Å². The van der Waals surface area contributed by atoms with Gasteiger partial charge in [-0.05, 0) is 56.0 Å². The van der Waals surface area contributed by atoms with Crippen LogP contribution in [-0.4, -0.2) is 42.8 Å². The fraction of sp³-hybridized carbons (Fsp3) is 0.448. The number of para-hydroxylation sites is 1. The van der Waals surface area contributed by atoms with Crippen LogP contribution in [0, 0.1) is 11.8 Å². The first kappa shape index (κ1) is 31.3. The van der Waals surface area contributed by atoms with Crippen LogP contribution >= 0.6 is 0 Å². The largest absolute Gasteiger partial charge is 0.514 e. The minimum absolute atomic E-state index is 0.0532. The standard InChI is InChI=1S/C29H37NO9/c1-6-18(3)26(31)38-24-14-13-21(16-25(24)39-27(32)19(4)7-2)15-23(30)28(33)35-17-20(5)36-29(34)37-22-11-9-8-10-12-22/h8-14,16,18-20,23H,6-7,15,17,30H2,1-5H3/t18?,19?,20-,23-/m0/s1. The third kappa shape index (κ3) is 10.4. The first-order valence-electron chi connectivity index (χ1n) is 13.0. The highest BCUT2D eigenvalue weighted by Gasteiger charge is 2.23. The molecule has 39 heavy (non-hydrogen) atoms. The highest BCUT2D eigenvalue weighted by molar-refractivity contribution is 5.79. The van der Waals surface area contributed by atoms with Crippen LogP contribution in [0.2, 0.25) is 0 Å². The maximum absolute atomic E-state index is 12.5. The average Bonchev–Trinajstić information content (AvgIpc) is 2.92. The Morgan fingerprint density at radius 1 is 0.769 bits per heavy atom. The van der Waals surface area contributed by atoms with E-state index in [1.54, 1.807) is 57.2 Å². The maximum atomic E-state index is 12.5.